The summed E-state index contributed by atoms with van der Waals surface area (Å²) in [6, 6.07) is 2.40. The number of carbonyl (C=O) groups excluding carboxylic acids is 1. The molecule has 1 amide bonds. The summed E-state index contributed by atoms with van der Waals surface area (Å²) < 4.78 is 0. The Morgan fingerprint density at radius 3 is 3.19 bits per heavy atom. The zero-order chi connectivity index (χ0) is 11.4. The second-order valence-corrected chi connectivity index (χ2v) is 5.09. The smallest absolute Gasteiger partial charge is 0.227 e. The van der Waals surface area contributed by atoms with Gasteiger partial charge in [0.2, 0.25) is 5.91 Å². The van der Waals surface area contributed by atoms with Gasteiger partial charge in [-0.2, -0.15) is 11.3 Å². The van der Waals surface area contributed by atoms with Crippen LogP contribution in [0.2, 0.25) is 0 Å². The van der Waals surface area contributed by atoms with E-state index in [0.29, 0.717) is 12.5 Å². The van der Waals surface area contributed by atoms with Gasteiger partial charge in [0.1, 0.15) is 0 Å². The third-order valence-electron chi connectivity index (χ3n) is 3.15. The highest BCUT2D eigenvalue weighted by Gasteiger charge is 2.21. The van der Waals surface area contributed by atoms with E-state index in [-0.39, 0.29) is 5.91 Å². The molecule has 4 heteroatoms. The molecule has 3 nitrogen and oxygen atoms in total. The van der Waals surface area contributed by atoms with Gasteiger partial charge in [-0.05, 0) is 41.8 Å². The molecule has 0 bridgehead atoms. The normalized spacial score (nSPS) is 20.7. The molecule has 1 atom stereocenters. The van der Waals surface area contributed by atoms with Crippen molar-refractivity contribution in [2.45, 2.75) is 25.3 Å². The predicted molar refractivity (Wildman–Crippen MR) is 66.7 cm³/mol. The molecule has 0 radical (unpaired) electrons. The first kappa shape index (κ1) is 11.6. The Labute approximate surface area is 100 Å². The van der Waals surface area contributed by atoms with Gasteiger partial charge in [0.05, 0.1) is 6.42 Å². The zero-order valence-electron chi connectivity index (χ0n) is 9.61. The topological polar surface area (TPSA) is 32.3 Å². The van der Waals surface area contributed by atoms with Crippen LogP contribution in [0.5, 0.6) is 0 Å². The fourth-order valence-corrected chi connectivity index (χ4v) is 2.73. The summed E-state index contributed by atoms with van der Waals surface area (Å²) in [5, 5.41) is 7.40. The molecule has 1 unspecified atom stereocenters. The second-order valence-electron chi connectivity index (χ2n) is 4.31. The molecule has 16 heavy (non-hydrogen) atoms. The first-order chi connectivity index (χ1) is 7.77. The largest absolute Gasteiger partial charge is 0.341 e. The minimum atomic E-state index is 0.229. The summed E-state index contributed by atoms with van der Waals surface area (Å²) in [5.74, 6) is 0.229. The summed E-state index contributed by atoms with van der Waals surface area (Å²) in [7, 11) is 1.92. The molecule has 1 N–H and O–H groups in total. The Morgan fingerprint density at radius 1 is 1.69 bits per heavy atom. The van der Waals surface area contributed by atoms with Gasteiger partial charge in [0.15, 0.2) is 0 Å². The molecule has 0 saturated carbocycles. The lowest BCUT2D eigenvalue weighted by molar-refractivity contribution is -0.131. The van der Waals surface area contributed by atoms with Crippen LogP contribution in [0.4, 0.5) is 0 Å². The van der Waals surface area contributed by atoms with Crippen LogP contribution in [0.15, 0.2) is 16.8 Å². The Hall–Kier alpha value is -0.870. The van der Waals surface area contributed by atoms with E-state index in [1.54, 1.807) is 11.3 Å². The van der Waals surface area contributed by atoms with Crippen molar-refractivity contribution in [1.29, 1.82) is 0 Å². The number of amides is 1. The monoisotopic (exact) mass is 238 g/mol. The van der Waals surface area contributed by atoms with Crippen LogP contribution in [-0.4, -0.2) is 37.0 Å². The Balaban J connectivity index is 1.88. The van der Waals surface area contributed by atoms with E-state index in [0.717, 1.165) is 25.1 Å². The van der Waals surface area contributed by atoms with Crippen LogP contribution in [0, 0.1) is 0 Å². The predicted octanol–water partition coefficient (Wildman–Crippen LogP) is 1.50. The lowest BCUT2D eigenvalue weighted by atomic mass is 10.1. The summed E-state index contributed by atoms with van der Waals surface area (Å²) in [5.41, 5.74) is 1.13. The van der Waals surface area contributed by atoms with Crippen molar-refractivity contribution in [2.75, 3.05) is 20.1 Å². The molecule has 2 rings (SSSR count). The molecule has 2 heterocycles. The molecular formula is C12H18N2OS. The van der Waals surface area contributed by atoms with Crippen molar-refractivity contribution in [1.82, 2.24) is 10.2 Å². The van der Waals surface area contributed by atoms with Crippen LogP contribution in [0.25, 0.3) is 0 Å². The molecule has 1 fully saturated rings. The van der Waals surface area contributed by atoms with Crippen molar-refractivity contribution < 1.29 is 4.79 Å². The molecule has 1 aliphatic rings. The average molecular weight is 238 g/mol. The first-order valence-corrected chi connectivity index (χ1v) is 6.69. The van der Waals surface area contributed by atoms with Crippen LogP contribution in [-0.2, 0) is 11.2 Å². The van der Waals surface area contributed by atoms with E-state index in [1.807, 2.05) is 28.8 Å². The lowest BCUT2D eigenvalue weighted by Gasteiger charge is -2.31. The zero-order valence-corrected chi connectivity index (χ0v) is 10.4. The van der Waals surface area contributed by atoms with Crippen molar-refractivity contribution in [3.63, 3.8) is 0 Å². The van der Waals surface area contributed by atoms with Crippen LogP contribution in [0.3, 0.4) is 0 Å². The Kier molecular flexibility index (Phi) is 3.96. The fourth-order valence-electron chi connectivity index (χ4n) is 2.06. The number of hydrogen-bond donors (Lipinski definition) is 1. The van der Waals surface area contributed by atoms with Gasteiger partial charge in [-0.1, -0.05) is 0 Å². The number of nitrogens with zero attached hydrogens (tertiary/aromatic N) is 1. The maximum Gasteiger partial charge on any atom is 0.227 e. The summed E-state index contributed by atoms with van der Waals surface area (Å²) >= 11 is 1.65. The van der Waals surface area contributed by atoms with Crippen molar-refractivity contribution >= 4 is 17.2 Å². The maximum atomic E-state index is 12.0. The molecule has 88 valence electrons. The van der Waals surface area contributed by atoms with Crippen LogP contribution in [0.1, 0.15) is 18.4 Å². The van der Waals surface area contributed by atoms with Crippen molar-refractivity contribution in [3.8, 4) is 0 Å². The highest BCUT2D eigenvalue weighted by Crippen LogP contribution is 2.12. The van der Waals surface area contributed by atoms with Gasteiger partial charge in [-0.25, -0.2) is 0 Å². The third-order valence-corrected chi connectivity index (χ3v) is 3.88. The minimum absolute atomic E-state index is 0.229. The van der Waals surface area contributed by atoms with Gasteiger partial charge in [0, 0.05) is 19.6 Å². The molecule has 1 saturated heterocycles. The molecular weight excluding hydrogens is 220 g/mol. The van der Waals surface area contributed by atoms with Gasteiger partial charge in [-0.15, -0.1) is 0 Å². The van der Waals surface area contributed by atoms with E-state index in [1.165, 1.54) is 6.42 Å². The van der Waals surface area contributed by atoms with Crippen LogP contribution < -0.4 is 5.32 Å². The van der Waals surface area contributed by atoms with E-state index >= 15 is 0 Å². The first-order valence-electron chi connectivity index (χ1n) is 5.75. The van der Waals surface area contributed by atoms with E-state index < -0.39 is 0 Å². The average Bonchev–Trinajstić information content (AvgIpc) is 2.82. The molecule has 1 aliphatic heterocycles. The number of rotatable bonds is 3. The van der Waals surface area contributed by atoms with Gasteiger partial charge in [0.25, 0.3) is 0 Å². The molecule has 1 aromatic rings. The number of nitrogens with one attached hydrogen (secondary N) is 1. The molecule has 0 aromatic carbocycles. The SMILES string of the molecule is CN(C(=O)Cc1ccsc1)C1CCCNC1. The third kappa shape index (κ3) is 2.83. The molecule has 1 aromatic heterocycles. The van der Waals surface area contributed by atoms with E-state index in [9.17, 15) is 4.79 Å². The number of thiophene rings is 1. The van der Waals surface area contributed by atoms with E-state index in [2.05, 4.69) is 5.32 Å². The summed E-state index contributed by atoms with van der Waals surface area (Å²) in [4.78, 5) is 13.9. The van der Waals surface area contributed by atoms with Gasteiger partial charge >= 0.3 is 0 Å². The Bertz CT molecular complexity index is 331. The van der Waals surface area contributed by atoms with E-state index in [4.69, 9.17) is 0 Å². The van der Waals surface area contributed by atoms with Crippen molar-refractivity contribution in [2.24, 2.45) is 0 Å². The number of hydrogen-bond acceptors (Lipinski definition) is 3. The maximum absolute atomic E-state index is 12.0. The van der Waals surface area contributed by atoms with Gasteiger partial charge in [-0.3, -0.25) is 4.79 Å². The molecule has 0 spiro atoms. The lowest BCUT2D eigenvalue weighted by Crippen LogP contribution is -2.47. The standard InChI is InChI=1S/C12H18N2OS/c1-14(11-3-2-5-13-8-11)12(15)7-10-4-6-16-9-10/h4,6,9,11,13H,2-3,5,7-8H2,1H3. The van der Waals surface area contributed by atoms with Gasteiger partial charge < -0.3 is 10.2 Å². The highest BCUT2D eigenvalue weighted by molar-refractivity contribution is 7.07. The minimum Gasteiger partial charge on any atom is -0.341 e. The number of piperidine rings is 1. The highest BCUT2D eigenvalue weighted by atomic mass is 32.1. The quantitative estimate of drug-likeness (QED) is 0.865. The molecule has 0 aliphatic carbocycles. The number of carbonyl (C=O) groups is 1. The second kappa shape index (κ2) is 5.46. The van der Waals surface area contributed by atoms with Crippen LogP contribution >= 0.6 is 11.3 Å². The van der Waals surface area contributed by atoms with Crippen molar-refractivity contribution in [3.05, 3.63) is 22.4 Å². The summed E-state index contributed by atoms with van der Waals surface area (Å²) in [6.45, 7) is 2.02. The number of likely N-dealkylation sites (N-methyl/N-ethyl adjacent to an activating group) is 1. The Morgan fingerprint density at radius 2 is 2.56 bits per heavy atom. The summed E-state index contributed by atoms with van der Waals surface area (Å²) in [6.07, 6.45) is 2.83. The fraction of sp³-hybridized carbons (Fsp3) is 0.583.